The molecule has 6 rings (SSSR count). The van der Waals surface area contributed by atoms with Crippen LogP contribution in [0.1, 0.15) is 65.3 Å². The van der Waals surface area contributed by atoms with Crippen molar-refractivity contribution in [1.29, 1.82) is 0 Å². The molecule has 1 aliphatic carbocycles. The number of aryl methyl sites for hydroxylation is 2. The van der Waals surface area contributed by atoms with E-state index < -0.39 is 23.7 Å². The van der Waals surface area contributed by atoms with Gasteiger partial charge in [0.2, 0.25) is 11.8 Å². The minimum absolute atomic E-state index is 0.0556. The Morgan fingerprint density at radius 2 is 1.84 bits per heavy atom. The Hall–Kier alpha value is -4.00. The number of carbonyl (C=O) groups is 1. The molecule has 0 bridgehead atoms. The molecule has 9 nitrogen and oxygen atoms in total. The van der Waals surface area contributed by atoms with Crippen LogP contribution in [0.15, 0.2) is 51.9 Å². The Morgan fingerprint density at radius 1 is 1.09 bits per heavy atom. The van der Waals surface area contributed by atoms with Gasteiger partial charge in [0.1, 0.15) is 6.10 Å². The van der Waals surface area contributed by atoms with E-state index in [1.807, 2.05) is 19.9 Å². The molecule has 0 radical (unpaired) electrons. The molecule has 3 aromatic heterocycles. The first kappa shape index (κ1) is 30.0. The van der Waals surface area contributed by atoms with Gasteiger partial charge >= 0.3 is 6.18 Å². The van der Waals surface area contributed by atoms with Gasteiger partial charge in [0.15, 0.2) is 0 Å². The summed E-state index contributed by atoms with van der Waals surface area (Å²) in [5.74, 6) is 0.735. The smallest absolute Gasteiger partial charge is 0.417 e. The first-order chi connectivity index (χ1) is 20.8. The van der Waals surface area contributed by atoms with Crippen LogP contribution in [-0.2, 0) is 19.1 Å². The summed E-state index contributed by atoms with van der Waals surface area (Å²) in [7, 11) is 0. The minimum Gasteiger partial charge on any atom is -0.474 e. The summed E-state index contributed by atoms with van der Waals surface area (Å²) in [5, 5.41) is 4.55. The Labute approximate surface area is 259 Å². The van der Waals surface area contributed by atoms with Crippen LogP contribution in [-0.4, -0.2) is 47.3 Å². The van der Waals surface area contributed by atoms with Crippen molar-refractivity contribution in [2.75, 3.05) is 0 Å². The molecule has 1 aliphatic heterocycles. The Kier molecular flexibility index (Phi) is 7.63. The van der Waals surface area contributed by atoms with Crippen LogP contribution in [0.25, 0.3) is 11.6 Å². The SMILES string of the molecule is Cc1cc(C)n(-c2nc3c(c(=O)n2-c2ccc(OC4CC(C)C4)nc2)CC(C)N(C(=O)c2ccc(Br)c(C(F)(F)F)c2)C3)n1. The maximum atomic E-state index is 14.2. The van der Waals surface area contributed by atoms with Gasteiger partial charge in [-0.2, -0.15) is 18.3 Å². The highest BCUT2D eigenvalue weighted by Crippen LogP contribution is 2.36. The normalized spacial score (nSPS) is 19.8. The van der Waals surface area contributed by atoms with Crippen molar-refractivity contribution >= 4 is 21.8 Å². The van der Waals surface area contributed by atoms with Gasteiger partial charge < -0.3 is 9.64 Å². The first-order valence-corrected chi connectivity index (χ1v) is 15.1. The summed E-state index contributed by atoms with van der Waals surface area (Å²) in [4.78, 5) is 38.5. The van der Waals surface area contributed by atoms with Crippen molar-refractivity contribution in [3.05, 3.63) is 91.2 Å². The van der Waals surface area contributed by atoms with E-state index in [9.17, 15) is 22.8 Å². The molecule has 1 fully saturated rings. The number of benzene rings is 1. The molecular weight excluding hydrogens is 641 g/mol. The molecule has 44 heavy (non-hydrogen) atoms. The number of amides is 1. The number of aromatic nitrogens is 5. The second-order valence-corrected chi connectivity index (χ2v) is 12.5. The van der Waals surface area contributed by atoms with Crippen LogP contribution in [0.5, 0.6) is 5.88 Å². The monoisotopic (exact) mass is 670 g/mol. The number of halogens is 4. The molecule has 2 aliphatic rings. The summed E-state index contributed by atoms with van der Waals surface area (Å²) in [5.41, 5.74) is 1.34. The van der Waals surface area contributed by atoms with Crippen molar-refractivity contribution < 1.29 is 22.7 Å². The largest absolute Gasteiger partial charge is 0.474 e. The van der Waals surface area contributed by atoms with Gasteiger partial charge in [0, 0.05) is 33.4 Å². The second-order valence-electron chi connectivity index (χ2n) is 11.7. The predicted octanol–water partition coefficient (Wildman–Crippen LogP) is 5.98. The van der Waals surface area contributed by atoms with Crippen LogP contribution in [0.4, 0.5) is 13.2 Å². The number of ether oxygens (including phenoxy) is 1. The quantitative estimate of drug-likeness (QED) is 0.260. The number of alkyl halides is 3. The Bertz CT molecular complexity index is 1810. The lowest BCUT2D eigenvalue weighted by Crippen LogP contribution is -2.46. The molecule has 0 N–H and O–H groups in total. The number of pyridine rings is 1. The molecule has 1 aromatic carbocycles. The van der Waals surface area contributed by atoms with Gasteiger partial charge in [-0.1, -0.05) is 22.9 Å². The van der Waals surface area contributed by atoms with E-state index in [4.69, 9.17) is 9.72 Å². The highest BCUT2D eigenvalue weighted by molar-refractivity contribution is 9.10. The average Bonchev–Trinajstić information content (AvgIpc) is 3.29. The molecule has 13 heteroatoms. The standard InChI is InChI=1S/C31H30BrF3N6O3/c1-16-9-22(10-16)44-27-8-6-21(14-36-27)40-29(43)23-12-18(3)39(15-26(23)37-30(40)41-19(4)11-17(2)38-41)28(42)20-5-7-25(32)24(13-20)31(33,34)35/h5-8,11,13-14,16,18,22H,9-10,12,15H2,1-4H3. The van der Waals surface area contributed by atoms with Crippen LogP contribution in [0.2, 0.25) is 0 Å². The molecule has 1 atom stereocenters. The van der Waals surface area contributed by atoms with E-state index in [-0.39, 0.29) is 40.6 Å². The lowest BCUT2D eigenvalue weighted by Gasteiger charge is -2.34. The van der Waals surface area contributed by atoms with Crippen molar-refractivity contribution in [1.82, 2.24) is 29.2 Å². The number of rotatable bonds is 5. The van der Waals surface area contributed by atoms with Crippen LogP contribution >= 0.6 is 15.9 Å². The van der Waals surface area contributed by atoms with Crippen molar-refractivity contribution in [2.45, 2.75) is 71.8 Å². The average molecular weight is 672 g/mol. The fraction of sp³-hybridized carbons (Fsp3) is 0.387. The molecule has 4 aromatic rings. The second kappa shape index (κ2) is 11.2. The van der Waals surface area contributed by atoms with E-state index in [0.29, 0.717) is 28.7 Å². The molecule has 4 heterocycles. The Balaban J connectivity index is 1.39. The van der Waals surface area contributed by atoms with Gasteiger partial charge in [-0.05, 0) is 76.3 Å². The Morgan fingerprint density at radius 3 is 2.45 bits per heavy atom. The fourth-order valence-electron chi connectivity index (χ4n) is 5.84. The van der Waals surface area contributed by atoms with Gasteiger partial charge in [-0.25, -0.2) is 19.2 Å². The topological polar surface area (TPSA) is 95.1 Å². The van der Waals surface area contributed by atoms with E-state index in [0.717, 1.165) is 30.3 Å². The lowest BCUT2D eigenvalue weighted by molar-refractivity contribution is -0.138. The van der Waals surface area contributed by atoms with Crippen molar-refractivity contribution in [3.8, 4) is 17.5 Å². The zero-order valence-electron chi connectivity index (χ0n) is 24.5. The minimum atomic E-state index is -4.63. The van der Waals surface area contributed by atoms with Gasteiger partial charge in [-0.3, -0.25) is 9.59 Å². The summed E-state index contributed by atoms with van der Waals surface area (Å²) in [6.07, 6.45) is -0.819. The summed E-state index contributed by atoms with van der Waals surface area (Å²) in [6.45, 7) is 7.55. The first-order valence-electron chi connectivity index (χ1n) is 14.3. The van der Waals surface area contributed by atoms with Crippen molar-refractivity contribution in [2.24, 2.45) is 5.92 Å². The molecule has 0 saturated heterocycles. The van der Waals surface area contributed by atoms with Gasteiger partial charge in [0.05, 0.1) is 35.4 Å². The van der Waals surface area contributed by atoms with Gasteiger partial charge in [-0.15, -0.1) is 0 Å². The molecule has 1 unspecified atom stereocenters. The van der Waals surface area contributed by atoms with Crippen LogP contribution in [0, 0.1) is 19.8 Å². The van der Waals surface area contributed by atoms with E-state index in [2.05, 4.69) is 32.9 Å². The number of carbonyl (C=O) groups excluding carboxylic acids is 1. The van der Waals surface area contributed by atoms with Crippen LogP contribution < -0.4 is 10.3 Å². The molecule has 0 spiro atoms. The molecular formula is C31H30BrF3N6O3. The third kappa shape index (κ3) is 5.53. The summed E-state index contributed by atoms with van der Waals surface area (Å²) < 4.78 is 49.5. The van der Waals surface area contributed by atoms with E-state index in [1.165, 1.54) is 21.6 Å². The highest BCUT2D eigenvalue weighted by atomic mass is 79.9. The third-order valence-corrected chi connectivity index (χ3v) is 8.86. The molecule has 230 valence electrons. The predicted molar refractivity (Wildman–Crippen MR) is 159 cm³/mol. The highest BCUT2D eigenvalue weighted by Gasteiger charge is 2.36. The number of fused-ring (bicyclic) bond motifs is 1. The molecule has 1 saturated carbocycles. The molecule has 1 amide bonds. The van der Waals surface area contributed by atoms with E-state index >= 15 is 0 Å². The number of hydrogen-bond donors (Lipinski definition) is 0. The number of hydrogen-bond acceptors (Lipinski definition) is 6. The zero-order valence-corrected chi connectivity index (χ0v) is 26.1. The third-order valence-electron chi connectivity index (χ3n) is 8.17. The zero-order chi connectivity index (χ0) is 31.5. The van der Waals surface area contributed by atoms with E-state index in [1.54, 1.807) is 29.9 Å². The van der Waals surface area contributed by atoms with Gasteiger partial charge in [0.25, 0.3) is 11.5 Å². The summed E-state index contributed by atoms with van der Waals surface area (Å²) >= 11 is 2.93. The lowest BCUT2D eigenvalue weighted by atomic mass is 9.84. The maximum absolute atomic E-state index is 14.2. The maximum Gasteiger partial charge on any atom is 0.417 e. The summed E-state index contributed by atoms with van der Waals surface area (Å²) in [6, 6.07) is 8.26. The van der Waals surface area contributed by atoms with Crippen molar-refractivity contribution in [3.63, 3.8) is 0 Å². The fourth-order valence-corrected chi connectivity index (χ4v) is 6.31. The van der Waals surface area contributed by atoms with Crippen LogP contribution in [0.3, 0.4) is 0 Å². The number of nitrogens with zero attached hydrogens (tertiary/aromatic N) is 6.